The van der Waals surface area contributed by atoms with Gasteiger partial charge in [-0.1, -0.05) is 18.2 Å². The van der Waals surface area contributed by atoms with Crippen LogP contribution in [0.5, 0.6) is 0 Å². The summed E-state index contributed by atoms with van der Waals surface area (Å²) >= 11 is 0. The molecule has 1 aromatic carbocycles. The van der Waals surface area contributed by atoms with Crippen LogP contribution in [-0.2, 0) is 15.7 Å². The normalized spacial score (nSPS) is 11.2. The first-order valence-electron chi connectivity index (χ1n) is 6.21. The predicted molar refractivity (Wildman–Crippen MR) is 66.3 cm³/mol. The number of ether oxygens (including phenoxy) is 1. The van der Waals surface area contributed by atoms with Crippen molar-refractivity contribution in [2.24, 2.45) is 0 Å². The number of carbonyl (C=O) groups excluding carboxylic acids is 2. The molecule has 3 nitrogen and oxygen atoms in total. The van der Waals surface area contributed by atoms with E-state index in [0.29, 0.717) is 0 Å². The van der Waals surface area contributed by atoms with Crippen molar-refractivity contribution < 1.29 is 27.5 Å². The summed E-state index contributed by atoms with van der Waals surface area (Å²) in [6, 6.07) is 4.64. The van der Waals surface area contributed by atoms with Gasteiger partial charge < -0.3 is 4.74 Å². The number of hydrogen-bond donors (Lipinski definition) is 0. The average Bonchev–Trinajstić information content (AvgIpc) is 2.38. The zero-order valence-corrected chi connectivity index (χ0v) is 11.0. The molecule has 0 atom stereocenters. The van der Waals surface area contributed by atoms with Crippen molar-refractivity contribution in [3.05, 3.63) is 35.4 Å². The van der Waals surface area contributed by atoms with E-state index < -0.39 is 23.5 Å². The quantitative estimate of drug-likeness (QED) is 0.593. The minimum Gasteiger partial charge on any atom is -0.466 e. The monoisotopic (exact) mass is 288 g/mol. The van der Waals surface area contributed by atoms with Crippen LogP contribution in [0.25, 0.3) is 0 Å². The summed E-state index contributed by atoms with van der Waals surface area (Å²) in [6.45, 7) is 1.90. The lowest BCUT2D eigenvalue weighted by Crippen LogP contribution is -2.13. The van der Waals surface area contributed by atoms with Crippen LogP contribution in [0.1, 0.15) is 42.1 Å². The standard InChI is InChI=1S/C14H15F3O3/c1-2-20-13(19)9-5-8-12(18)10-6-3-4-7-11(10)14(15,16)17/h3-4,6-7H,2,5,8-9H2,1H3. The predicted octanol–water partition coefficient (Wildman–Crippen LogP) is 3.62. The summed E-state index contributed by atoms with van der Waals surface area (Å²) in [6.07, 6.45) is -4.49. The Bertz CT molecular complexity index is 481. The summed E-state index contributed by atoms with van der Waals surface area (Å²) in [7, 11) is 0. The zero-order chi connectivity index (χ0) is 15.2. The van der Waals surface area contributed by atoms with Crippen molar-refractivity contribution in [2.45, 2.75) is 32.4 Å². The Labute approximate surface area is 114 Å². The third kappa shape index (κ3) is 4.68. The van der Waals surface area contributed by atoms with E-state index >= 15 is 0 Å². The van der Waals surface area contributed by atoms with Crippen LogP contribution in [0.4, 0.5) is 13.2 Å². The average molecular weight is 288 g/mol. The lowest BCUT2D eigenvalue weighted by molar-refractivity contribution is -0.143. The molecule has 0 aliphatic carbocycles. The Morgan fingerprint density at radius 3 is 2.40 bits per heavy atom. The van der Waals surface area contributed by atoms with Gasteiger partial charge >= 0.3 is 12.1 Å². The topological polar surface area (TPSA) is 43.4 Å². The maximum Gasteiger partial charge on any atom is 0.417 e. The third-order valence-corrected chi connectivity index (χ3v) is 2.62. The van der Waals surface area contributed by atoms with Gasteiger partial charge in [0.15, 0.2) is 5.78 Å². The van der Waals surface area contributed by atoms with Gasteiger partial charge in [0.1, 0.15) is 0 Å². The molecule has 0 spiro atoms. The molecule has 0 amide bonds. The van der Waals surface area contributed by atoms with Crippen LogP contribution >= 0.6 is 0 Å². The molecule has 0 heterocycles. The van der Waals surface area contributed by atoms with Gasteiger partial charge in [0, 0.05) is 18.4 Å². The second-order valence-corrected chi connectivity index (χ2v) is 4.13. The summed E-state index contributed by atoms with van der Waals surface area (Å²) < 4.78 is 42.9. The summed E-state index contributed by atoms with van der Waals surface area (Å²) in [5, 5.41) is 0. The summed E-state index contributed by atoms with van der Waals surface area (Å²) in [5.41, 5.74) is -1.30. The van der Waals surface area contributed by atoms with Gasteiger partial charge in [-0.3, -0.25) is 9.59 Å². The largest absolute Gasteiger partial charge is 0.466 e. The number of esters is 1. The summed E-state index contributed by atoms with van der Waals surface area (Å²) in [5.74, 6) is -1.08. The van der Waals surface area contributed by atoms with Crippen LogP contribution in [-0.4, -0.2) is 18.4 Å². The highest BCUT2D eigenvalue weighted by Crippen LogP contribution is 2.32. The molecule has 110 valence electrons. The smallest absolute Gasteiger partial charge is 0.417 e. The lowest BCUT2D eigenvalue weighted by atomic mass is 9.99. The maximum absolute atomic E-state index is 12.7. The first-order valence-corrected chi connectivity index (χ1v) is 6.21. The van der Waals surface area contributed by atoms with Crippen molar-refractivity contribution in [3.63, 3.8) is 0 Å². The molecule has 0 fully saturated rings. The molecule has 1 aromatic rings. The molecule has 0 saturated heterocycles. The fourth-order valence-corrected chi connectivity index (χ4v) is 1.73. The van der Waals surface area contributed by atoms with E-state index in [9.17, 15) is 22.8 Å². The molecule has 0 saturated carbocycles. The molecule has 0 aliphatic rings. The molecule has 20 heavy (non-hydrogen) atoms. The first kappa shape index (κ1) is 16.2. The van der Waals surface area contributed by atoms with E-state index in [0.717, 1.165) is 12.1 Å². The molecule has 6 heteroatoms. The fourth-order valence-electron chi connectivity index (χ4n) is 1.73. The number of halogens is 3. The SMILES string of the molecule is CCOC(=O)CCCC(=O)c1ccccc1C(F)(F)F. The van der Waals surface area contributed by atoms with Crippen LogP contribution in [0.3, 0.4) is 0 Å². The first-order chi connectivity index (χ1) is 9.36. The molecule has 0 radical (unpaired) electrons. The van der Waals surface area contributed by atoms with Crippen LogP contribution in [0.2, 0.25) is 0 Å². The third-order valence-electron chi connectivity index (χ3n) is 2.62. The van der Waals surface area contributed by atoms with Crippen LogP contribution in [0.15, 0.2) is 24.3 Å². The number of rotatable bonds is 6. The van der Waals surface area contributed by atoms with Crippen molar-refractivity contribution in [3.8, 4) is 0 Å². The number of alkyl halides is 3. The van der Waals surface area contributed by atoms with Gasteiger partial charge in [0.05, 0.1) is 12.2 Å². The number of carbonyl (C=O) groups is 2. The second kappa shape index (κ2) is 7.07. The van der Waals surface area contributed by atoms with E-state index in [-0.39, 0.29) is 31.4 Å². The van der Waals surface area contributed by atoms with Gasteiger partial charge in [-0.25, -0.2) is 0 Å². The van der Waals surface area contributed by atoms with Gasteiger partial charge in [0.2, 0.25) is 0 Å². The highest BCUT2D eigenvalue weighted by atomic mass is 19.4. The van der Waals surface area contributed by atoms with Gasteiger partial charge in [0.25, 0.3) is 0 Å². The minimum atomic E-state index is -4.56. The highest BCUT2D eigenvalue weighted by molar-refractivity contribution is 5.97. The number of ketones is 1. The highest BCUT2D eigenvalue weighted by Gasteiger charge is 2.34. The van der Waals surface area contributed by atoms with E-state index in [1.165, 1.54) is 12.1 Å². The Kier molecular flexibility index (Phi) is 5.73. The molecular formula is C14H15F3O3. The number of hydrogen-bond acceptors (Lipinski definition) is 3. The zero-order valence-electron chi connectivity index (χ0n) is 11.0. The molecular weight excluding hydrogens is 273 g/mol. The Morgan fingerprint density at radius 2 is 1.80 bits per heavy atom. The van der Waals surface area contributed by atoms with Gasteiger partial charge in [-0.15, -0.1) is 0 Å². The minimum absolute atomic E-state index is 0.0216. The van der Waals surface area contributed by atoms with Crippen molar-refractivity contribution in [1.82, 2.24) is 0 Å². The van der Waals surface area contributed by atoms with Crippen LogP contribution in [0, 0.1) is 0 Å². The second-order valence-electron chi connectivity index (χ2n) is 4.13. The molecule has 0 aliphatic heterocycles. The molecule has 0 unspecified atom stereocenters. The lowest BCUT2D eigenvalue weighted by Gasteiger charge is -2.11. The van der Waals surface area contributed by atoms with E-state index in [1.54, 1.807) is 6.92 Å². The van der Waals surface area contributed by atoms with Crippen LogP contribution < -0.4 is 0 Å². The molecule has 0 N–H and O–H groups in total. The maximum atomic E-state index is 12.7. The number of Topliss-reactive ketones (excluding diaryl/α,β-unsaturated/α-hetero) is 1. The number of benzene rings is 1. The van der Waals surface area contributed by atoms with Crippen molar-refractivity contribution >= 4 is 11.8 Å². The summed E-state index contributed by atoms with van der Waals surface area (Å²) in [4.78, 5) is 22.9. The van der Waals surface area contributed by atoms with E-state index in [2.05, 4.69) is 4.74 Å². The fraction of sp³-hybridized carbons (Fsp3) is 0.429. The van der Waals surface area contributed by atoms with Gasteiger partial charge in [-0.2, -0.15) is 13.2 Å². The van der Waals surface area contributed by atoms with Crippen molar-refractivity contribution in [1.29, 1.82) is 0 Å². The van der Waals surface area contributed by atoms with E-state index in [4.69, 9.17) is 0 Å². The Morgan fingerprint density at radius 1 is 1.15 bits per heavy atom. The molecule has 0 bridgehead atoms. The van der Waals surface area contributed by atoms with Crippen molar-refractivity contribution in [2.75, 3.05) is 6.61 Å². The van der Waals surface area contributed by atoms with Gasteiger partial charge in [-0.05, 0) is 19.4 Å². The molecule has 1 rings (SSSR count). The Balaban J connectivity index is 2.67. The van der Waals surface area contributed by atoms with E-state index in [1.807, 2.05) is 0 Å². The molecule has 0 aromatic heterocycles. The Hall–Kier alpha value is -1.85.